The number of ether oxygens (including phenoxy) is 1. The third-order valence-electron chi connectivity index (χ3n) is 8.03. The molecule has 2 rings (SSSR count). The first-order chi connectivity index (χ1) is 20.8. The van der Waals surface area contributed by atoms with Gasteiger partial charge in [-0.3, -0.25) is 4.57 Å². The molecule has 0 aliphatic carbocycles. The fourth-order valence-electron chi connectivity index (χ4n) is 5.26. The molecule has 14 heteroatoms. The lowest BCUT2D eigenvalue weighted by molar-refractivity contribution is -0.130. The molecule has 3 N–H and O–H groups in total. The molecule has 0 spiro atoms. The van der Waals surface area contributed by atoms with Gasteiger partial charge in [-0.25, -0.2) is 15.0 Å². The van der Waals surface area contributed by atoms with E-state index in [2.05, 4.69) is 28.0 Å². The summed E-state index contributed by atoms with van der Waals surface area (Å²) in [6, 6.07) is 1.36. The Morgan fingerprint density at radius 2 is 1.45 bits per heavy atom. The van der Waals surface area contributed by atoms with Crippen molar-refractivity contribution in [2.75, 3.05) is 18.7 Å². The van der Waals surface area contributed by atoms with E-state index in [4.69, 9.17) is 15.0 Å². The summed E-state index contributed by atoms with van der Waals surface area (Å²) >= 11 is 0. The van der Waals surface area contributed by atoms with Crippen molar-refractivity contribution in [1.82, 2.24) is 19.5 Å². The summed E-state index contributed by atoms with van der Waals surface area (Å²) in [7, 11) is -5.53. The summed E-state index contributed by atoms with van der Waals surface area (Å²) in [5, 5.41) is 0. The van der Waals surface area contributed by atoms with E-state index in [0.29, 0.717) is 29.6 Å². The highest BCUT2D eigenvalue weighted by molar-refractivity contribution is 7.52. The molecule has 0 amide bonds. The van der Waals surface area contributed by atoms with E-state index in [1.807, 2.05) is 0 Å². The quantitative estimate of drug-likeness (QED) is 0.0611. The molecule has 0 saturated carbocycles. The van der Waals surface area contributed by atoms with Crippen LogP contribution in [-0.4, -0.2) is 57.7 Å². The number of hydrogen-bond donors (Lipinski definition) is 2. The van der Waals surface area contributed by atoms with Gasteiger partial charge in [0, 0.05) is 14.5 Å². The van der Waals surface area contributed by atoms with Gasteiger partial charge in [0.25, 0.3) is 0 Å². The molecule has 1 unspecified atom stereocenters. The lowest BCUT2D eigenvalue weighted by Crippen LogP contribution is -2.27. The number of nitrogen functional groups attached to an aromatic ring is 1. The zero-order valence-corrected chi connectivity index (χ0v) is 28.9. The largest absolute Gasteiger partial charge is 0.388 e. The molecular formula is C30H55F3N5O4PSi. The van der Waals surface area contributed by atoms with Crippen LogP contribution in [0.3, 0.4) is 0 Å². The van der Waals surface area contributed by atoms with Crippen LogP contribution in [0.4, 0.5) is 19.0 Å². The number of hydrogen-bond acceptors (Lipinski definition) is 7. The fraction of sp³-hybridized carbons (Fsp3) is 0.833. The zero-order valence-electron chi connectivity index (χ0n) is 27.0. The normalized spacial score (nSPS) is 14.7. The molecule has 2 aromatic heterocycles. The standard InChI is InChI=1S/C30H55F3N5O4PSi/c1-26(22-38-24-37-27-28(34)35-23-36-29(27)38)41-25-43(39,40)42-19-16-14-12-10-8-6-4-5-7-9-11-13-15-17-20-44(2,3)21-18-30(31,32)33/h23-24,26H,4-22,25H2,1-3H3,(H,39,40)(H2,34,35,36)/t26-/m1/s1. The smallest absolute Gasteiger partial charge is 0.382 e. The number of anilines is 1. The van der Waals surface area contributed by atoms with Crippen LogP contribution >= 0.6 is 7.60 Å². The van der Waals surface area contributed by atoms with Crippen molar-refractivity contribution in [2.24, 2.45) is 0 Å². The Morgan fingerprint density at radius 1 is 0.909 bits per heavy atom. The molecule has 0 saturated heterocycles. The molecule has 254 valence electrons. The van der Waals surface area contributed by atoms with Gasteiger partial charge in [0.15, 0.2) is 11.5 Å². The molecule has 0 radical (unpaired) electrons. The Morgan fingerprint density at radius 3 is 2.02 bits per heavy atom. The van der Waals surface area contributed by atoms with Gasteiger partial charge in [0.05, 0.1) is 25.6 Å². The maximum Gasteiger partial charge on any atom is 0.388 e. The average molecular weight is 666 g/mol. The van der Waals surface area contributed by atoms with Crippen LogP contribution in [0.5, 0.6) is 0 Å². The van der Waals surface area contributed by atoms with Crippen LogP contribution in [0.15, 0.2) is 12.7 Å². The molecule has 2 heterocycles. The van der Waals surface area contributed by atoms with Gasteiger partial charge < -0.3 is 24.5 Å². The number of rotatable bonds is 25. The van der Waals surface area contributed by atoms with E-state index in [1.165, 1.54) is 64.1 Å². The summed E-state index contributed by atoms with van der Waals surface area (Å²) in [5.74, 6) is 0.301. The van der Waals surface area contributed by atoms with Gasteiger partial charge >= 0.3 is 13.8 Å². The maximum absolute atomic E-state index is 12.5. The van der Waals surface area contributed by atoms with Crippen molar-refractivity contribution in [3.63, 3.8) is 0 Å². The molecule has 0 aliphatic heterocycles. The molecule has 44 heavy (non-hydrogen) atoms. The van der Waals surface area contributed by atoms with Gasteiger partial charge in [-0.1, -0.05) is 103 Å². The SMILES string of the molecule is C[C@H](Cn1cnc2c(N)ncnc21)OCP(=O)(O)OCCCCCCCCCCCCCCCC[Si](C)(C)CCC(F)(F)F. The third kappa shape index (κ3) is 17.2. The third-order valence-corrected chi connectivity index (χ3v) is 12.4. The van der Waals surface area contributed by atoms with Crippen molar-refractivity contribution in [3.05, 3.63) is 12.7 Å². The van der Waals surface area contributed by atoms with Crippen LogP contribution in [0.2, 0.25) is 25.2 Å². The van der Waals surface area contributed by atoms with E-state index < -0.39 is 28.3 Å². The second-order valence-electron chi connectivity index (χ2n) is 12.9. The Balaban J connectivity index is 1.37. The first-order valence-corrected chi connectivity index (χ1v) is 21.5. The van der Waals surface area contributed by atoms with Crippen LogP contribution in [0.25, 0.3) is 11.2 Å². The highest BCUT2D eigenvalue weighted by atomic mass is 31.2. The minimum atomic E-state index is -4.01. The molecule has 2 atom stereocenters. The molecule has 2 aromatic rings. The Labute approximate surface area is 262 Å². The highest BCUT2D eigenvalue weighted by Crippen LogP contribution is 2.42. The molecule has 0 fully saturated rings. The summed E-state index contributed by atoms with van der Waals surface area (Å²) in [5.41, 5.74) is 6.91. The van der Waals surface area contributed by atoms with Crippen LogP contribution in [0, 0.1) is 0 Å². The lowest BCUT2D eigenvalue weighted by atomic mass is 10.0. The first-order valence-electron chi connectivity index (χ1n) is 16.3. The number of unbranched alkanes of at least 4 members (excludes halogenated alkanes) is 13. The summed E-state index contributed by atoms with van der Waals surface area (Å²) in [4.78, 5) is 22.4. The van der Waals surface area contributed by atoms with E-state index in [9.17, 15) is 22.6 Å². The Hall–Kier alpha value is -1.53. The van der Waals surface area contributed by atoms with Crippen LogP contribution in [-0.2, 0) is 20.4 Å². The second-order valence-corrected chi connectivity index (χ2v) is 20.0. The van der Waals surface area contributed by atoms with Gasteiger partial charge in [0.2, 0.25) is 0 Å². The van der Waals surface area contributed by atoms with Crippen molar-refractivity contribution in [3.8, 4) is 0 Å². The summed E-state index contributed by atoms with van der Waals surface area (Å²) in [6.45, 7) is 6.62. The van der Waals surface area contributed by atoms with Gasteiger partial charge in [-0.15, -0.1) is 0 Å². The minimum absolute atomic E-state index is 0.242. The predicted octanol–water partition coefficient (Wildman–Crippen LogP) is 9.10. The van der Waals surface area contributed by atoms with Crippen molar-refractivity contribution < 1.29 is 31.9 Å². The number of imidazole rings is 1. The van der Waals surface area contributed by atoms with Crippen molar-refractivity contribution in [1.29, 1.82) is 0 Å². The molecule has 0 aromatic carbocycles. The van der Waals surface area contributed by atoms with E-state index in [1.54, 1.807) is 17.8 Å². The summed E-state index contributed by atoms with van der Waals surface area (Å²) < 4.78 is 62.3. The van der Waals surface area contributed by atoms with Crippen LogP contribution < -0.4 is 5.73 Å². The number of nitrogens with two attached hydrogens (primary N) is 1. The fourth-order valence-corrected chi connectivity index (χ4v) is 8.61. The van der Waals surface area contributed by atoms with Gasteiger partial charge in [0.1, 0.15) is 18.2 Å². The number of fused-ring (bicyclic) bond motifs is 1. The maximum atomic E-state index is 12.5. The van der Waals surface area contributed by atoms with Gasteiger partial charge in [-0.2, -0.15) is 13.2 Å². The average Bonchev–Trinajstić information content (AvgIpc) is 3.36. The van der Waals surface area contributed by atoms with Crippen LogP contribution in [0.1, 0.15) is 103 Å². The Bertz CT molecular complexity index is 1120. The Kier molecular flexibility index (Phi) is 17.4. The zero-order chi connectivity index (χ0) is 32.5. The predicted molar refractivity (Wildman–Crippen MR) is 173 cm³/mol. The number of nitrogens with zero attached hydrogens (tertiary/aromatic N) is 4. The molecule has 0 aliphatic rings. The van der Waals surface area contributed by atoms with Crippen molar-refractivity contribution in [2.45, 2.75) is 147 Å². The number of aromatic nitrogens is 4. The minimum Gasteiger partial charge on any atom is -0.382 e. The highest BCUT2D eigenvalue weighted by Gasteiger charge is 2.31. The molecule has 0 bridgehead atoms. The van der Waals surface area contributed by atoms with E-state index in [-0.39, 0.29) is 19.1 Å². The lowest BCUT2D eigenvalue weighted by Gasteiger charge is -2.23. The molecular weight excluding hydrogens is 610 g/mol. The monoisotopic (exact) mass is 665 g/mol. The first kappa shape index (κ1) is 38.6. The van der Waals surface area contributed by atoms with E-state index in [0.717, 1.165) is 38.1 Å². The van der Waals surface area contributed by atoms with Gasteiger partial charge in [-0.05, 0) is 19.4 Å². The topological polar surface area (TPSA) is 125 Å². The summed E-state index contributed by atoms with van der Waals surface area (Å²) in [6.07, 6.45) is 13.7. The number of halogens is 3. The van der Waals surface area contributed by atoms with Crippen molar-refractivity contribution >= 4 is 32.7 Å². The van der Waals surface area contributed by atoms with E-state index >= 15 is 0 Å². The number of alkyl halides is 3. The molecule has 9 nitrogen and oxygen atoms in total. The second kappa shape index (κ2) is 19.9.